The van der Waals surface area contributed by atoms with Crippen LogP contribution in [0.1, 0.15) is 94.0 Å². The third-order valence-electron chi connectivity index (χ3n) is 10.9. The summed E-state index contributed by atoms with van der Waals surface area (Å²) in [5.41, 5.74) is 16.7. The molecule has 0 fully saturated rings. The number of fused-ring (bicyclic) bond motifs is 2. The average molecular weight is 744 g/mol. The van der Waals surface area contributed by atoms with E-state index >= 15 is 0 Å². The number of rotatable bonds is 11. The van der Waals surface area contributed by atoms with Crippen molar-refractivity contribution < 1.29 is 15.6 Å². The van der Waals surface area contributed by atoms with Gasteiger partial charge in [0.25, 0.3) is 0 Å². The molecule has 46 heavy (non-hydrogen) atoms. The second-order valence-corrected chi connectivity index (χ2v) is 56.3. The molecule has 2 unspecified atom stereocenters. The second-order valence-electron chi connectivity index (χ2n) is 13.8. The second kappa shape index (κ2) is 13.5. The van der Waals surface area contributed by atoms with Gasteiger partial charge in [-0.2, -0.15) is 0 Å². The Morgan fingerprint density at radius 2 is 0.957 bits per heavy atom. The van der Waals surface area contributed by atoms with E-state index in [1.54, 1.807) is 0 Å². The van der Waals surface area contributed by atoms with Crippen LogP contribution in [0.25, 0.3) is 34.4 Å². The fourth-order valence-electron chi connectivity index (χ4n) is 8.74. The summed E-state index contributed by atoms with van der Waals surface area (Å²) in [6.07, 6.45) is 11.3. The number of benzene rings is 4. The minimum absolute atomic E-state index is 0.127. The van der Waals surface area contributed by atoms with Crippen LogP contribution in [-0.4, -0.2) is 5.92 Å². The molecule has 0 aliphatic heterocycles. The summed E-state index contributed by atoms with van der Waals surface area (Å²) in [7, 11) is 17.5. The monoisotopic (exact) mass is 741 g/mol. The van der Waals surface area contributed by atoms with Crippen LogP contribution >= 0.6 is 17.0 Å². The molecular formula is C42H49Cl2SiZr. The van der Waals surface area contributed by atoms with E-state index in [0.717, 1.165) is 38.5 Å². The van der Waals surface area contributed by atoms with Crippen molar-refractivity contribution in [1.29, 1.82) is 0 Å². The van der Waals surface area contributed by atoms with E-state index in [2.05, 4.69) is 138 Å². The van der Waals surface area contributed by atoms with Crippen LogP contribution in [0.5, 0.6) is 0 Å². The van der Waals surface area contributed by atoms with Crippen molar-refractivity contribution in [2.45, 2.75) is 86.6 Å². The van der Waals surface area contributed by atoms with Gasteiger partial charge in [-0.15, -0.1) is 0 Å². The van der Waals surface area contributed by atoms with Crippen LogP contribution in [0, 0.1) is 0 Å². The fraction of sp³-hybridized carbons (Fsp3) is 0.333. The van der Waals surface area contributed by atoms with E-state index in [-0.39, 0.29) is 7.25 Å². The van der Waals surface area contributed by atoms with Gasteiger partial charge in [-0.1, -0.05) is 0 Å². The SMILES string of the molecule is CCCC1=Cc2c(ccc(CC)c2-c2ccccc2)[CH]1[Zr]([Cl])([Cl])([CH]1C(CCC)=Cc2c1ccc(CC)c2-c1ccccc1)[SiH](C)C. The molecule has 2 atom stereocenters. The summed E-state index contributed by atoms with van der Waals surface area (Å²) < 4.78 is 0.254. The molecule has 0 saturated heterocycles. The molecule has 0 N–H and O–H groups in total. The molecule has 0 amide bonds. The molecule has 0 heterocycles. The van der Waals surface area contributed by atoms with Crippen molar-refractivity contribution in [2.75, 3.05) is 0 Å². The van der Waals surface area contributed by atoms with Gasteiger partial charge in [0.1, 0.15) is 0 Å². The quantitative estimate of drug-likeness (QED) is 0.134. The van der Waals surface area contributed by atoms with Crippen LogP contribution in [0.4, 0.5) is 0 Å². The zero-order valence-corrected chi connectivity index (χ0v) is 33.6. The van der Waals surface area contributed by atoms with E-state index in [0.29, 0.717) is 0 Å². The Morgan fingerprint density at radius 3 is 1.28 bits per heavy atom. The number of halogens is 2. The van der Waals surface area contributed by atoms with Crippen molar-refractivity contribution in [1.82, 2.24) is 0 Å². The molecule has 0 bridgehead atoms. The molecular weight excluding hydrogens is 695 g/mol. The van der Waals surface area contributed by atoms with Gasteiger partial charge in [0.2, 0.25) is 0 Å². The number of allylic oxidation sites excluding steroid dienone is 2. The summed E-state index contributed by atoms with van der Waals surface area (Å²) in [5, 5.41) is 0. The number of hydrogen-bond donors (Lipinski definition) is 0. The molecule has 0 saturated carbocycles. The normalized spacial score (nSPS) is 18.2. The Bertz CT molecular complexity index is 1680. The molecule has 2 aliphatic rings. The first kappa shape index (κ1) is 33.9. The maximum absolute atomic E-state index is 8.76. The molecule has 0 radical (unpaired) electrons. The molecule has 2 aliphatic carbocycles. The van der Waals surface area contributed by atoms with E-state index in [1.807, 2.05) is 0 Å². The van der Waals surface area contributed by atoms with Crippen molar-refractivity contribution in [3.63, 3.8) is 0 Å². The zero-order valence-electron chi connectivity index (χ0n) is 28.5. The summed E-state index contributed by atoms with van der Waals surface area (Å²) in [5.74, 6) is -1.63. The molecule has 0 nitrogen and oxygen atoms in total. The molecule has 4 aromatic rings. The Kier molecular flexibility index (Phi) is 9.96. The first-order valence-corrected chi connectivity index (χ1v) is 33.9. The predicted octanol–water partition coefficient (Wildman–Crippen LogP) is 13.3. The fourth-order valence-corrected chi connectivity index (χ4v) is 40.2. The minimum atomic E-state index is -4.84. The summed E-state index contributed by atoms with van der Waals surface area (Å²) in [6, 6.07) is 31.6. The van der Waals surface area contributed by atoms with Crippen molar-refractivity contribution in [3.05, 3.63) is 129 Å². The van der Waals surface area contributed by atoms with Gasteiger partial charge in [0.15, 0.2) is 0 Å². The Labute approximate surface area is 286 Å². The van der Waals surface area contributed by atoms with Gasteiger partial charge < -0.3 is 0 Å². The van der Waals surface area contributed by atoms with Crippen molar-refractivity contribution in [3.8, 4) is 22.3 Å². The van der Waals surface area contributed by atoms with E-state index < -0.39 is 21.5 Å². The van der Waals surface area contributed by atoms with Crippen molar-refractivity contribution in [2.24, 2.45) is 0 Å². The van der Waals surface area contributed by atoms with Crippen LogP contribution in [-0.2, 0) is 28.4 Å². The van der Waals surface area contributed by atoms with Crippen LogP contribution < -0.4 is 0 Å². The third-order valence-corrected chi connectivity index (χ3v) is 62.8. The molecule has 4 heteroatoms. The topological polar surface area (TPSA) is 0 Å². The first-order valence-electron chi connectivity index (χ1n) is 17.6. The average Bonchev–Trinajstić information content (AvgIpc) is 3.64. The van der Waals surface area contributed by atoms with Gasteiger partial charge in [0, 0.05) is 0 Å². The van der Waals surface area contributed by atoms with E-state index in [4.69, 9.17) is 17.0 Å². The van der Waals surface area contributed by atoms with Crippen molar-refractivity contribution >= 4 is 35.1 Å². The predicted molar refractivity (Wildman–Crippen MR) is 204 cm³/mol. The Balaban J connectivity index is 1.64. The summed E-state index contributed by atoms with van der Waals surface area (Å²) in [6.45, 7) is 14.1. The van der Waals surface area contributed by atoms with Gasteiger partial charge in [-0.25, -0.2) is 0 Å². The molecule has 239 valence electrons. The molecule has 4 aromatic carbocycles. The summed E-state index contributed by atoms with van der Waals surface area (Å²) in [4.78, 5) is 0. The van der Waals surface area contributed by atoms with Gasteiger partial charge in [0.05, 0.1) is 0 Å². The first-order chi connectivity index (χ1) is 22.2. The number of aryl methyl sites for hydroxylation is 2. The van der Waals surface area contributed by atoms with Crippen LogP contribution in [0.2, 0.25) is 13.1 Å². The molecule has 0 aromatic heterocycles. The standard InChI is InChI=1S/2C20H21.C2H7Si.2ClH.Zr/c2*1-3-8-15-13-18-12-11-16(4-2)20(19(18)14-15)17-9-6-5-7-10-17;1-3-2;;;/h2*5-7,9-14H,3-4,8H2,1-2H3;3H,1-2H3;2*1H;/q;;;;;+2/p-2. The molecule has 6 rings (SSSR count). The van der Waals surface area contributed by atoms with Gasteiger partial charge in [-0.05, 0) is 0 Å². The van der Waals surface area contributed by atoms with Gasteiger partial charge >= 0.3 is 289 Å². The third kappa shape index (κ3) is 5.44. The summed E-state index contributed by atoms with van der Waals surface area (Å²) >= 11 is -4.84. The Morgan fingerprint density at radius 1 is 0.565 bits per heavy atom. The van der Waals surface area contributed by atoms with Crippen LogP contribution in [0.3, 0.4) is 0 Å². The maximum atomic E-state index is 8.76. The van der Waals surface area contributed by atoms with E-state index in [1.165, 1.54) is 66.8 Å². The van der Waals surface area contributed by atoms with E-state index in [9.17, 15) is 0 Å². The Hall–Kier alpha value is -1.96. The molecule has 0 spiro atoms. The van der Waals surface area contributed by atoms with Gasteiger partial charge in [-0.3, -0.25) is 0 Å². The zero-order chi connectivity index (χ0) is 32.7. The van der Waals surface area contributed by atoms with Crippen LogP contribution in [0.15, 0.2) is 96.1 Å². The number of hydrogen-bond acceptors (Lipinski definition) is 0.